The molecule has 1 atom stereocenters. The van der Waals surface area contributed by atoms with Crippen molar-refractivity contribution in [3.05, 3.63) is 29.6 Å². The molecule has 2 N–H and O–H groups in total. The summed E-state index contributed by atoms with van der Waals surface area (Å²) >= 11 is 1.84. The van der Waals surface area contributed by atoms with Crippen molar-refractivity contribution in [1.29, 1.82) is 0 Å². The molecule has 1 heterocycles. The number of carbonyl (C=O) groups is 2. The Kier molecular flexibility index (Phi) is 6.35. The third kappa shape index (κ3) is 5.30. The Morgan fingerprint density at radius 1 is 1.47 bits per heavy atom. The monoisotopic (exact) mass is 282 g/mol. The third-order valence-electron chi connectivity index (χ3n) is 2.52. The van der Waals surface area contributed by atoms with Crippen molar-refractivity contribution in [1.82, 2.24) is 10.3 Å². The average molecular weight is 282 g/mol. The fraction of sp³-hybridized carbons (Fsp3) is 0.462. The standard InChI is InChI=1S/C13H18N2O3S/c1-3-19-7-6-9(2)15-12(16)10-4-5-11(13(17)18)14-8-10/h4-5,8-9H,3,6-7H2,1-2H3,(H,15,16)(H,17,18). The van der Waals surface area contributed by atoms with E-state index >= 15 is 0 Å². The van der Waals surface area contributed by atoms with Gasteiger partial charge < -0.3 is 10.4 Å². The molecule has 1 amide bonds. The SMILES string of the molecule is CCSCCC(C)NC(=O)c1ccc(C(=O)O)nc1. The predicted molar refractivity (Wildman–Crippen MR) is 75.7 cm³/mol. The summed E-state index contributed by atoms with van der Waals surface area (Å²) in [6, 6.07) is 2.89. The number of thioether (sulfide) groups is 1. The molecule has 1 rings (SSSR count). The van der Waals surface area contributed by atoms with Gasteiger partial charge in [-0.2, -0.15) is 11.8 Å². The molecule has 6 heteroatoms. The van der Waals surface area contributed by atoms with E-state index in [1.54, 1.807) is 0 Å². The molecule has 0 fully saturated rings. The number of nitrogens with one attached hydrogen (secondary N) is 1. The third-order valence-corrected chi connectivity index (χ3v) is 3.45. The molecule has 1 aromatic heterocycles. The maximum Gasteiger partial charge on any atom is 0.354 e. The minimum Gasteiger partial charge on any atom is -0.477 e. The molecule has 0 saturated carbocycles. The Bertz CT molecular complexity index is 434. The summed E-state index contributed by atoms with van der Waals surface area (Å²) in [5.41, 5.74) is 0.309. The molecule has 0 radical (unpaired) electrons. The number of rotatable bonds is 7. The van der Waals surface area contributed by atoms with Gasteiger partial charge in [-0.3, -0.25) is 4.79 Å². The summed E-state index contributed by atoms with van der Waals surface area (Å²) < 4.78 is 0. The smallest absolute Gasteiger partial charge is 0.354 e. The first kappa shape index (κ1) is 15.5. The van der Waals surface area contributed by atoms with E-state index in [9.17, 15) is 9.59 Å². The highest BCUT2D eigenvalue weighted by atomic mass is 32.2. The molecule has 5 nitrogen and oxygen atoms in total. The molecular weight excluding hydrogens is 264 g/mol. The van der Waals surface area contributed by atoms with Gasteiger partial charge in [0.25, 0.3) is 5.91 Å². The number of aromatic carboxylic acids is 1. The minimum absolute atomic E-state index is 0.0658. The van der Waals surface area contributed by atoms with Gasteiger partial charge in [-0.05, 0) is 37.0 Å². The molecule has 0 aromatic carbocycles. The number of carboxylic acid groups (broad SMARTS) is 1. The number of carbonyl (C=O) groups excluding carboxylic acids is 1. The lowest BCUT2D eigenvalue weighted by Crippen LogP contribution is -2.33. The van der Waals surface area contributed by atoms with Gasteiger partial charge in [-0.1, -0.05) is 6.92 Å². The van der Waals surface area contributed by atoms with Crippen molar-refractivity contribution in [2.45, 2.75) is 26.3 Å². The van der Waals surface area contributed by atoms with Crippen molar-refractivity contribution < 1.29 is 14.7 Å². The molecule has 0 bridgehead atoms. The Hall–Kier alpha value is -1.56. The summed E-state index contributed by atoms with van der Waals surface area (Å²) in [5.74, 6) is 0.755. The number of amides is 1. The Morgan fingerprint density at radius 3 is 2.74 bits per heavy atom. The van der Waals surface area contributed by atoms with Crippen LogP contribution in [0, 0.1) is 0 Å². The van der Waals surface area contributed by atoms with Crippen LogP contribution in [0.5, 0.6) is 0 Å². The van der Waals surface area contributed by atoms with E-state index in [1.807, 2.05) is 18.7 Å². The lowest BCUT2D eigenvalue weighted by molar-refractivity contribution is 0.0689. The fourth-order valence-corrected chi connectivity index (χ4v) is 2.25. The van der Waals surface area contributed by atoms with E-state index in [2.05, 4.69) is 17.2 Å². The lowest BCUT2D eigenvalue weighted by Gasteiger charge is -2.13. The van der Waals surface area contributed by atoms with E-state index in [-0.39, 0.29) is 17.6 Å². The van der Waals surface area contributed by atoms with Crippen LogP contribution in [0.15, 0.2) is 18.3 Å². The second kappa shape index (κ2) is 7.78. The Labute approximate surface area is 116 Å². The number of carboxylic acids is 1. The van der Waals surface area contributed by atoms with E-state index in [0.717, 1.165) is 17.9 Å². The first-order chi connectivity index (χ1) is 9.04. The fourth-order valence-electron chi connectivity index (χ4n) is 1.44. The highest BCUT2D eigenvalue weighted by molar-refractivity contribution is 7.99. The highest BCUT2D eigenvalue weighted by Crippen LogP contribution is 2.05. The van der Waals surface area contributed by atoms with E-state index in [0.29, 0.717) is 5.56 Å². The molecular formula is C13H18N2O3S. The van der Waals surface area contributed by atoms with Gasteiger partial charge >= 0.3 is 5.97 Å². The maximum absolute atomic E-state index is 11.9. The van der Waals surface area contributed by atoms with Crippen LogP contribution >= 0.6 is 11.8 Å². The molecule has 0 aliphatic carbocycles. The summed E-state index contributed by atoms with van der Waals surface area (Å²) in [6.07, 6.45) is 2.19. The zero-order valence-electron chi connectivity index (χ0n) is 11.0. The predicted octanol–water partition coefficient (Wildman–Crippen LogP) is 2.04. The van der Waals surface area contributed by atoms with Crippen LogP contribution in [0.1, 0.15) is 41.1 Å². The van der Waals surface area contributed by atoms with Crippen LogP contribution in [0.25, 0.3) is 0 Å². The molecule has 1 aromatic rings. The van der Waals surface area contributed by atoms with Crippen LogP contribution in [0.2, 0.25) is 0 Å². The van der Waals surface area contributed by atoms with Gasteiger partial charge in [0, 0.05) is 12.2 Å². The van der Waals surface area contributed by atoms with Gasteiger partial charge in [0.2, 0.25) is 0 Å². The molecule has 0 spiro atoms. The zero-order valence-corrected chi connectivity index (χ0v) is 11.9. The van der Waals surface area contributed by atoms with Crippen molar-refractivity contribution in [3.8, 4) is 0 Å². The average Bonchev–Trinajstić information content (AvgIpc) is 2.39. The molecule has 0 aliphatic rings. The summed E-state index contributed by atoms with van der Waals surface area (Å²) in [7, 11) is 0. The largest absolute Gasteiger partial charge is 0.477 e. The summed E-state index contributed by atoms with van der Waals surface area (Å²) in [6.45, 7) is 4.05. The number of hydrogen-bond acceptors (Lipinski definition) is 4. The number of aromatic nitrogens is 1. The van der Waals surface area contributed by atoms with Crippen molar-refractivity contribution in [3.63, 3.8) is 0 Å². The summed E-state index contributed by atoms with van der Waals surface area (Å²) in [4.78, 5) is 26.2. The highest BCUT2D eigenvalue weighted by Gasteiger charge is 2.11. The molecule has 19 heavy (non-hydrogen) atoms. The number of pyridine rings is 1. The normalized spacial score (nSPS) is 11.9. The summed E-state index contributed by atoms with van der Waals surface area (Å²) in [5, 5.41) is 11.6. The van der Waals surface area contributed by atoms with Crippen molar-refractivity contribution in [2.75, 3.05) is 11.5 Å². The second-order valence-electron chi connectivity index (χ2n) is 4.10. The maximum atomic E-state index is 11.9. The van der Waals surface area contributed by atoms with Gasteiger partial charge in [-0.25, -0.2) is 9.78 Å². The number of hydrogen-bond donors (Lipinski definition) is 2. The van der Waals surface area contributed by atoms with Crippen molar-refractivity contribution >= 4 is 23.6 Å². The van der Waals surface area contributed by atoms with E-state index in [1.165, 1.54) is 18.3 Å². The zero-order chi connectivity index (χ0) is 14.3. The molecule has 1 unspecified atom stereocenters. The Morgan fingerprint density at radius 2 is 2.21 bits per heavy atom. The van der Waals surface area contributed by atoms with Gasteiger partial charge in [0.1, 0.15) is 5.69 Å². The van der Waals surface area contributed by atoms with Crippen LogP contribution in [-0.4, -0.2) is 39.5 Å². The minimum atomic E-state index is -1.10. The first-order valence-electron chi connectivity index (χ1n) is 6.12. The van der Waals surface area contributed by atoms with E-state index in [4.69, 9.17) is 5.11 Å². The first-order valence-corrected chi connectivity index (χ1v) is 7.28. The van der Waals surface area contributed by atoms with Crippen LogP contribution < -0.4 is 5.32 Å². The number of nitrogens with zero attached hydrogens (tertiary/aromatic N) is 1. The van der Waals surface area contributed by atoms with E-state index < -0.39 is 5.97 Å². The lowest BCUT2D eigenvalue weighted by atomic mass is 10.2. The quantitative estimate of drug-likeness (QED) is 0.748. The van der Waals surface area contributed by atoms with Crippen LogP contribution in [0.3, 0.4) is 0 Å². The molecule has 0 saturated heterocycles. The topological polar surface area (TPSA) is 79.3 Å². The van der Waals surface area contributed by atoms with Gasteiger partial charge in [0.05, 0.1) is 5.56 Å². The van der Waals surface area contributed by atoms with Gasteiger partial charge in [-0.15, -0.1) is 0 Å². The van der Waals surface area contributed by atoms with Crippen LogP contribution in [-0.2, 0) is 0 Å². The van der Waals surface area contributed by atoms with Gasteiger partial charge in [0.15, 0.2) is 0 Å². The molecule has 0 aliphatic heterocycles. The second-order valence-corrected chi connectivity index (χ2v) is 5.49. The van der Waals surface area contributed by atoms with Crippen LogP contribution in [0.4, 0.5) is 0 Å². The molecule has 104 valence electrons. The van der Waals surface area contributed by atoms with Crippen molar-refractivity contribution in [2.24, 2.45) is 0 Å². The Balaban J connectivity index is 2.51.